The van der Waals surface area contributed by atoms with Crippen molar-refractivity contribution >= 4 is 11.6 Å². The van der Waals surface area contributed by atoms with Crippen molar-refractivity contribution in [1.29, 1.82) is 0 Å². The van der Waals surface area contributed by atoms with E-state index in [9.17, 15) is 9.90 Å². The third-order valence-electron chi connectivity index (χ3n) is 2.60. The number of carbonyl (C=O) groups is 1. The van der Waals surface area contributed by atoms with Crippen LogP contribution in [0.15, 0.2) is 18.2 Å². The topological polar surface area (TPSA) is 75.4 Å². The molecule has 1 aromatic rings. The minimum absolute atomic E-state index is 0.0229. The minimum Gasteiger partial charge on any atom is -0.508 e. The van der Waals surface area contributed by atoms with Gasteiger partial charge in [0.1, 0.15) is 5.75 Å². The van der Waals surface area contributed by atoms with Crippen molar-refractivity contribution in [2.24, 2.45) is 5.73 Å². The Morgan fingerprint density at radius 1 is 1.35 bits per heavy atom. The largest absolute Gasteiger partial charge is 0.508 e. The zero-order valence-corrected chi connectivity index (χ0v) is 10.2. The number of unbranched alkanes of at least 4 members (excludes halogenated alkanes) is 2. The summed E-state index contributed by atoms with van der Waals surface area (Å²) in [5.74, 6) is 0.177. The van der Waals surface area contributed by atoms with Gasteiger partial charge in [0, 0.05) is 18.2 Å². The maximum absolute atomic E-state index is 11.5. The number of nitrogens with two attached hydrogens (primary N) is 1. The Morgan fingerprint density at radius 2 is 2.12 bits per heavy atom. The van der Waals surface area contributed by atoms with Crippen LogP contribution in [0, 0.1) is 6.92 Å². The second kappa shape index (κ2) is 6.91. The van der Waals surface area contributed by atoms with E-state index in [1.165, 1.54) is 0 Å². The fourth-order valence-corrected chi connectivity index (χ4v) is 1.52. The normalized spacial score (nSPS) is 10.2. The number of phenols is 1. The molecule has 4 heteroatoms. The van der Waals surface area contributed by atoms with Crippen LogP contribution in [-0.4, -0.2) is 17.6 Å². The summed E-state index contributed by atoms with van der Waals surface area (Å²) >= 11 is 0. The summed E-state index contributed by atoms with van der Waals surface area (Å²) in [6, 6.07) is 5.12. The Hall–Kier alpha value is -1.55. The van der Waals surface area contributed by atoms with Crippen LogP contribution in [0.1, 0.15) is 31.2 Å². The smallest absolute Gasteiger partial charge is 0.224 e. The van der Waals surface area contributed by atoms with Gasteiger partial charge in [-0.3, -0.25) is 4.79 Å². The van der Waals surface area contributed by atoms with Gasteiger partial charge in [-0.05, 0) is 37.9 Å². The maximum Gasteiger partial charge on any atom is 0.224 e. The van der Waals surface area contributed by atoms with Crippen molar-refractivity contribution in [2.45, 2.75) is 32.6 Å². The van der Waals surface area contributed by atoms with E-state index in [2.05, 4.69) is 5.32 Å². The van der Waals surface area contributed by atoms with Gasteiger partial charge in [0.15, 0.2) is 0 Å². The number of rotatable bonds is 6. The number of benzene rings is 1. The quantitative estimate of drug-likeness (QED) is 0.662. The van der Waals surface area contributed by atoms with Crippen LogP contribution >= 0.6 is 0 Å². The molecule has 0 aliphatic carbocycles. The molecule has 0 bridgehead atoms. The number of hydrogen-bond donors (Lipinski definition) is 3. The monoisotopic (exact) mass is 236 g/mol. The Bertz CT molecular complexity index is 378. The Morgan fingerprint density at radius 3 is 2.76 bits per heavy atom. The Balaban J connectivity index is 2.37. The van der Waals surface area contributed by atoms with Crippen molar-refractivity contribution in [2.75, 3.05) is 11.9 Å². The van der Waals surface area contributed by atoms with E-state index < -0.39 is 0 Å². The molecule has 0 aliphatic heterocycles. The fourth-order valence-electron chi connectivity index (χ4n) is 1.52. The molecule has 0 saturated heterocycles. The highest BCUT2D eigenvalue weighted by atomic mass is 16.3. The highest BCUT2D eigenvalue weighted by Crippen LogP contribution is 2.20. The number of carbonyl (C=O) groups excluding carboxylic acids is 1. The lowest BCUT2D eigenvalue weighted by molar-refractivity contribution is -0.116. The molecule has 4 N–H and O–H groups in total. The first-order valence-corrected chi connectivity index (χ1v) is 5.93. The lowest BCUT2D eigenvalue weighted by Crippen LogP contribution is -2.11. The molecule has 0 radical (unpaired) electrons. The van der Waals surface area contributed by atoms with E-state index in [1.807, 2.05) is 6.92 Å². The van der Waals surface area contributed by atoms with Crippen LogP contribution in [0.2, 0.25) is 0 Å². The Labute approximate surface area is 102 Å². The zero-order valence-electron chi connectivity index (χ0n) is 10.2. The predicted octanol–water partition coefficient (Wildman–Crippen LogP) is 2.16. The van der Waals surface area contributed by atoms with Gasteiger partial charge in [-0.1, -0.05) is 12.5 Å². The maximum atomic E-state index is 11.5. The molecular weight excluding hydrogens is 216 g/mol. The van der Waals surface area contributed by atoms with Crippen molar-refractivity contribution in [3.8, 4) is 5.75 Å². The van der Waals surface area contributed by atoms with Gasteiger partial charge < -0.3 is 16.2 Å². The van der Waals surface area contributed by atoms with Gasteiger partial charge >= 0.3 is 0 Å². The SMILES string of the molecule is Cc1ccc(NC(=O)CCCCCN)cc1O. The molecule has 0 aliphatic rings. The van der Waals surface area contributed by atoms with Crippen molar-refractivity contribution in [3.63, 3.8) is 0 Å². The van der Waals surface area contributed by atoms with Crippen LogP contribution in [0.25, 0.3) is 0 Å². The molecule has 17 heavy (non-hydrogen) atoms. The first-order chi connectivity index (χ1) is 8.13. The molecule has 1 aromatic carbocycles. The second-order valence-electron chi connectivity index (χ2n) is 4.15. The molecule has 0 aromatic heterocycles. The highest BCUT2D eigenvalue weighted by Gasteiger charge is 2.03. The number of anilines is 1. The highest BCUT2D eigenvalue weighted by molar-refractivity contribution is 5.90. The summed E-state index contributed by atoms with van der Waals surface area (Å²) in [7, 11) is 0. The third-order valence-corrected chi connectivity index (χ3v) is 2.60. The molecule has 0 heterocycles. The fraction of sp³-hybridized carbons (Fsp3) is 0.462. The molecule has 0 fully saturated rings. The number of aromatic hydroxyl groups is 1. The van der Waals surface area contributed by atoms with Crippen LogP contribution in [0.3, 0.4) is 0 Å². The molecule has 0 spiro atoms. The number of phenolic OH excluding ortho intramolecular Hbond substituents is 1. The first kappa shape index (κ1) is 13.5. The molecule has 1 amide bonds. The van der Waals surface area contributed by atoms with Gasteiger partial charge in [-0.25, -0.2) is 0 Å². The number of hydrogen-bond acceptors (Lipinski definition) is 3. The molecule has 4 nitrogen and oxygen atoms in total. The Kier molecular flexibility index (Phi) is 5.49. The zero-order chi connectivity index (χ0) is 12.7. The van der Waals surface area contributed by atoms with Crippen molar-refractivity contribution < 1.29 is 9.90 Å². The molecular formula is C13H20N2O2. The number of aryl methyl sites for hydroxylation is 1. The summed E-state index contributed by atoms with van der Waals surface area (Å²) in [6.45, 7) is 2.49. The third kappa shape index (κ3) is 4.87. The number of amides is 1. The van der Waals surface area contributed by atoms with E-state index in [0.29, 0.717) is 18.7 Å². The standard InChI is InChI=1S/C13H20N2O2/c1-10-6-7-11(9-12(10)16)15-13(17)5-3-2-4-8-14/h6-7,9,16H,2-5,8,14H2,1H3,(H,15,17). The number of nitrogens with one attached hydrogen (secondary N) is 1. The summed E-state index contributed by atoms with van der Waals surface area (Å²) in [4.78, 5) is 11.5. The molecule has 1 rings (SSSR count). The van der Waals surface area contributed by atoms with Crippen molar-refractivity contribution in [3.05, 3.63) is 23.8 Å². The summed E-state index contributed by atoms with van der Waals surface area (Å²) < 4.78 is 0. The van der Waals surface area contributed by atoms with Gasteiger partial charge in [0.25, 0.3) is 0 Å². The second-order valence-corrected chi connectivity index (χ2v) is 4.15. The summed E-state index contributed by atoms with van der Waals surface area (Å²) in [6.07, 6.45) is 3.27. The average molecular weight is 236 g/mol. The molecule has 94 valence electrons. The lowest BCUT2D eigenvalue weighted by atomic mass is 10.1. The molecule has 0 saturated carbocycles. The van der Waals surface area contributed by atoms with Crippen molar-refractivity contribution in [1.82, 2.24) is 0 Å². The minimum atomic E-state index is -0.0229. The van der Waals surface area contributed by atoms with Gasteiger partial charge in [0.2, 0.25) is 5.91 Å². The summed E-state index contributed by atoms with van der Waals surface area (Å²) in [5, 5.41) is 12.3. The first-order valence-electron chi connectivity index (χ1n) is 5.93. The van der Waals surface area contributed by atoms with Crippen LogP contribution < -0.4 is 11.1 Å². The van der Waals surface area contributed by atoms with Crippen LogP contribution in [0.4, 0.5) is 5.69 Å². The lowest BCUT2D eigenvalue weighted by Gasteiger charge is -2.06. The van der Waals surface area contributed by atoms with E-state index in [1.54, 1.807) is 18.2 Å². The average Bonchev–Trinajstić information content (AvgIpc) is 2.30. The van der Waals surface area contributed by atoms with Crippen LogP contribution in [0.5, 0.6) is 5.75 Å². The van der Waals surface area contributed by atoms with Gasteiger partial charge in [-0.2, -0.15) is 0 Å². The van der Waals surface area contributed by atoms with E-state index in [0.717, 1.165) is 24.8 Å². The molecule has 0 unspecified atom stereocenters. The van der Waals surface area contributed by atoms with E-state index in [4.69, 9.17) is 5.73 Å². The predicted molar refractivity (Wildman–Crippen MR) is 69.0 cm³/mol. The summed E-state index contributed by atoms with van der Waals surface area (Å²) in [5.41, 5.74) is 6.80. The van der Waals surface area contributed by atoms with E-state index in [-0.39, 0.29) is 11.7 Å². The van der Waals surface area contributed by atoms with Gasteiger partial charge in [-0.15, -0.1) is 0 Å². The molecule has 0 atom stereocenters. The van der Waals surface area contributed by atoms with Crippen LogP contribution in [-0.2, 0) is 4.79 Å². The van der Waals surface area contributed by atoms with E-state index >= 15 is 0 Å². The van der Waals surface area contributed by atoms with Gasteiger partial charge in [0.05, 0.1) is 0 Å².